The molecule has 0 amide bonds. The molecule has 0 radical (unpaired) electrons. The van der Waals surface area contributed by atoms with Crippen molar-refractivity contribution >= 4 is 28.9 Å². The van der Waals surface area contributed by atoms with Crippen molar-refractivity contribution in [2.45, 2.75) is 0 Å². The summed E-state index contributed by atoms with van der Waals surface area (Å²) in [7, 11) is 0. The van der Waals surface area contributed by atoms with Gasteiger partial charge >= 0.3 is 0 Å². The highest BCUT2D eigenvalue weighted by Gasteiger charge is 1.96. The number of nitrogens with one attached hydrogen (secondary N) is 1. The van der Waals surface area contributed by atoms with E-state index in [9.17, 15) is 0 Å². The first-order valence-electron chi connectivity index (χ1n) is 3.50. The molecule has 0 heterocycles. The van der Waals surface area contributed by atoms with Gasteiger partial charge in [-0.3, -0.25) is 0 Å². The molecule has 66 valence electrons. The molecule has 1 rings (SSSR count). The van der Waals surface area contributed by atoms with E-state index >= 15 is 0 Å². The molecular weight excluding hydrogens is 207 g/mol. The fraction of sp³-hybridized carbons (Fsp3) is 0. The minimum Gasteiger partial charge on any atom is -0.361 e. The van der Waals surface area contributed by atoms with Crippen molar-refractivity contribution in [3.8, 4) is 6.07 Å². The maximum Gasteiger partial charge on any atom is 0.0927 e. The molecule has 4 heteroatoms. The highest BCUT2D eigenvalue weighted by atomic mass is 35.5. The molecule has 0 aliphatic carbocycles. The molecule has 0 fully saturated rings. The van der Waals surface area contributed by atoms with E-state index in [0.29, 0.717) is 10.0 Å². The molecule has 0 saturated heterocycles. The molecule has 13 heavy (non-hydrogen) atoms. The van der Waals surface area contributed by atoms with Gasteiger partial charge in [0.05, 0.1) is 16.1 Å². The summed E-state index contributed by atoms with van der Waals surface area (Å²) < 4.78 is 0. The van der Waals surface area contributed by atoms with E-state index in [1.54, 1.807) is 18.2 Å². The molecule has 0 bridgehead atoms. The summed E-state index contributed by atoms with van der Waals surface area (Å²) in [5.41, 5.74) is 0.793. The van der Waals surface area contributed by atoms with Crippen LogP contribution in [0.3, 0.4) is 0 Å². The van der Waals surface area contributed by atoms with Gasteiger partial charge in [-0.2, -0.15) is 5.26 Å². The number of nitriles is 1. The van der Waals surface area contributed by atoms with Gasteiger partial charge in [-0.1, -0.05) is 23.2 Å². The van der Waals surface area contributed by atoms with Crippen LogP contribution in [0.15, 0.2) is 30.5 Å². The van der Waals surface area contributed by atoms with Gasteiger partial charge in [0.15, 0.2) is 0 Å². The Morgan fingerprint density at radius 1 is 1.31 bits per heavy atom. The highest BCUT2D eigenvalue weighted by Crippen LogP contribution is 2.24. The third-order valence-electron chi connectivity index (χ3n) is 1.33. The van der Waals surface area contributed by atoms with Crippen LogP contribution < -0.4 is 5.32 Å². The molecule has 1 aromatic carbocycles. The topological polar surface area (TPSA) is 35.8 Å². The summed E-state index contributed by atoms with van der Waals surface area (Å²) >= 11 is 11.5. The Bertz CT molecular complexity index is 366. The number of halogens is 2. The zero-order chi connectivity index (χ0) is 9.68. The smallest absolute Gasteiger partial charge is 0.0927 e. The molecule has 0 unspecified atom stereocenters. The number of benzene rings is 1. The normalized spacial score (nSPS) is 9.92. The molecule has 1 N–H and O–H groups in total. The lowest BCUT2D eigenvalue weighted by molar-refractivity contribution is 1.52. The Labute approximate surface area is 86.4 Å². The van der Waals surface area contributed by atoms with E-state index in [-0.39, 0.29) is 0 Å². The van der Waals surface area contributed by atoms with Gasteiger partial charge in [-0.05, 0) is 18.2 Å². The minimum absolute atomic E-state index is 0.483. The zero-order valence-corrected chi connectivity index (χ0v) is 8.10. The number of nitrogens with zero attached hydrogens (tertiary/aromatic N) is 1. The Morgan fingerprint density at radius 3 is 2.69 bits per heavy atom. The second kappa shape index (κ2) is 4.76. The van der Waals surface area contributed by atoms with Gasteiger partial charge in [0.1, 0.15) is 0 Å². The molecule has 0 aliphatic rings. The van der Waals surface area contributed by atoms with E-state index in [1.807, 2.05) is 6.07 Å². The van der Waals surface area contributed by atoms with E-state index < -0.39 is 0 Å². The first kappa shape index (κ1) is 9.91. The predicted octanol–water partition coefficient (Wildman–Crippen LogP) is 3.44. The number of hydrogen-bond donors (Lipinski definition) is 1. The molecule has 0 saturated carbocycles. The SMILES string of the molecule is N#C/C=C/Nc1ccc(Cl)c(Cl)c1. The van der Waals surface area contributed by atoms with Crippen molar-refractivity contribution in [1.29, 1.82) is 5.26 Å². The molecule has 0 atom stereocenters. The summed E-state index contributed by atoms with van der Waals surface area (Å²) in [6, 6.07) is 7.01. The third kappa shape index (κ3) is 2.98. The van der Waals surface area contributed by atoms with Crippen LogP contribution in [-0.2, 0) is 0 Å². The van der Waals surface area contributed by atoms with Crippen molar-refractivity contribution in [2.75, 3.05) is 5.32 Å². The first-order valence-corrected chi connectivity index (χ1v) is 4.26. The van der Waals surface area contributed by atoms with Crippen LogP contribution >= 0.6 is 23.2 Å². The van der Waals surface area contributed by atoms with Crippen LogP contribution in [0.5, 0.6) is 0 Å². The van der Waals surface area contributed by atoms with Gasteiger partial charge in [-0.15, -0.1) is 0 Å². The second-order valence-electron chi connectivity index (χ2n) is 2.24. The van der Waals surface area contributed by atoms with Crippen LogP contribution in [-0.4, -0.2) is 0 Å². The Kier molecular flexibility index (Phi) is 3.63. The number of rotatable bonds is 2. The van der Waals surface area contributed by atoms with Gasteiger partial charge in [-0.25, -0.2) is 0 Å². The van der Waals surface area contributed by atoms with Gasteiger partial charge < -0.3 is 5.32 Å². The second-order valence-corrected chi connectivity index (χ2v) is 3.05. The van der Waals surface area contributed by atoms with Crippen LogP contribution in [0.2, 0.25) is 10.0 Å². The van der Waals surface area contributed by atoms with Crippen molar-refractivity contribution < 1.29 is 0 Å². The van der Waals surface area contributed by atoms with E-state index in [2.05, 4.69) is 5.32 Å². The quantitative estimate of drug-likeness (QED) is 0.763. The summed E-state index contributed by atoms with van der Waals surface area (Å²) in [4.78, 5) is 0. The first-order chi connectivity index (χ1) is 6.24. The summed E-state index contributed by atoms with van der Waals surface area (Å²) in [5, 5.41) is 12.1. The summed E-state index contributed by atoms with van der Waals surface area (Å²) in [5.74, 6) is 0. The Morgan fingerprint density at radius 2 is 2.08 bits per heavy atom. The van der Waals surface area contributed by atoms with Gasteiger partial charge in [0.2, 0.25) is 0 Å². The predicted molar refractivity (Wildman–Crippen MR) is 54.8 cm³/mol. The fourth-order valence-electron chi connectivity index (χ4n) is 0.761. The largest absolute Gasteiger partial charge is 0.361 e. The minimum atomic E-state index is 0.483. The molecule has 0 aromatic heterocycles. The molecule has 2 nitrogen and oxygen atoms in total. The monoisotopic (exact) mass is 212 g/mol. The van der Waals surface area contributed by atoms with Gasteiger partial charge in [0.25, 0.3) is 0 Å². The van der Waals surface area contributed by atoms with Crippen LogP contribution in [0.4, 0.5) is 5.69 Å². The summed E-state index contributed by atoms with van der Waals surface area (Å²) in [6.45, 7) is 0. The van der Waals surface area contributed by atoms with E-state index in [1.165, 1.54) is 12.3 Å². The maximum atomic E-state index is 8.22. The van der Waals surface area contributed by atoms with Gasteiger partial charge in [0, 0.05) is 18.0 Å². The highest BCUT2D eigenvalue weighted by molar-refractivity contribution is 6.42. The Hall–Kier alpha value is -1.17. The third-order valence-corrected chi connectivity index (χ3v) is 2.07. The van der Waals surface area contributed by atoms with Crippen LogP contribution in [0.1, 0.15) is 0 Å². The van der Waals surface area contributed by atoms with E-state index in [0.717, 1.165) is 5.69 Å². The zero-order valence-electron chi connectivity index (χ0n) is 6.59. The van der Waals surface area contributed by atoms with Crippen LogP contribution in [0.25, 0.3) is 0 Å². The standard InChI is InChI=1S/C9H6Cl2N2/c10-8-3-2-7(6-9(8)11)13-5-1-4-12/h1-3,5-6,13H/b5-1+. The molecule has 1 aromatic rings. The fourth-order valence-corrected chi connectivity index (χ4v) is 1.06. The lowest BCUT2D eigenvalue weighted by Crippen LogP contribution is -1.86. The average Bonchev–Trinajstić information content (AvgIpc) is 2.12. The van der Waals surface area contributed by atoms with E-state index in [4.69, 9.17) is 28.5 Å². The van der Waals surface area contributed by atoms with Crippen LogP contribution in [0, 0.1) is 11.3 Å². The lowest BCUT2D eigenvalue weighted by Gasteiger charge is -2.01. The summed E-state index contributed by atoms with van der Waals surface area (Å²) in [6.07, 6.45) is 2.86. The van der Waals surface area contributed by atoms with Crippen molar-refractivity contribution in [3.63, 3.8) is 0 Å². The molecule has 0 spiro atoms. The van der Waals surface area contributed by atoms with Crippen molar-refractivity contribution in [2.24, 2.45) is 0 Å². The maximum absolute atomic E-state index is 8.22. The molecular formula is C9H6Cl2N2. The Balaban J connectivity index is 2.75. The number of hydrogen-bond acceptors (Lipinski definition) is 2. The number of allylic oxidation sites excluding steroid dienone is 1. The van der Waals surface area contributed by atoms with Crippen molar-refractivity contribution in [1.82, 2.24) is 0 Å². The number of anilines is 1. The van der Waals surface area contributed by atoms with Crippen molar-refractivity contribution in [3.05, 3.63) is 40.5 Å². The molecule has 0 aliphatic heterocycles. The lowest BCUT2D eigenvalue weighted by atomic mass is 10.3. The average molecular weight is 213 g/mol.